The first kappa shape index (κ1) is 21.1. The Labute approximate surface area is 170 Å². The lowest BCUT2D eigenvalue weighted by Crippen LogP contribution is -2.48. The van der Waals surface area contributed by atoms with Crippen LogP contribution in [-0.2, 0) is 11.3 Å². The molecule has 2 saturated heterocycles. The van der Waals surface area contributed by atoms with Crippen molar-refractivity contribution >= 4 is 5.91 Å². The summed E-state index contributed by atoms with van der Waals surface area (Å²) in [7, 11) is 1.74. The van der Waals surface area contributed by atoms with Crippen LogP contribution in [0.15, 0.2) is 24.3 Å². The summed E-state index contributed by atoms with van der Waals surface area (Å²) in [5.74, 6) is 2.42. The lowest BCUT2D eigenvalue weighted by Gasteiger charge is -2.36. The molecule has 1 aromatic rings. The van der Waals surface area contributed by atoms with E-state index in [2.05, 4.69) is 41.1 Å². The number of benzene rings is 1. The van der Waals surface area contributed by atoms with Crippen LogP contribution in [0.4, 0.5) is 0 Å². The lowest BCUT2D eigenvalue weighted by atomic mass is 9.95. The smallest absolute Gasteiger partial charge is 0.239 e. The van der Waals surface area contributed by atoms with Crippen molar-refractivity contribution in [3.8, 4) is 5.75 Å². The summed E-state index contributed by atoms with van der Waals surface area (Å²) >= 11 is 0. The van der Waals surface area contributed by atoms with Crippen molar-refractivity contribution < 1.29 is 9.53 Å². The predicted octanol–water partition coefficient (Wildman–Crippen LogP) is 3.14. The third-order valence-electron chi connectivity index (χ3n) is 6.03. The Kier molecular flexibility index (Phi) is 7.74. The fraction of sp³-hybridized carbons (Fsp3) is 0.696. The van der Waals surface area contributed by atoms with Gasteiger partial charge in [0.15, 0.2) is 0 Å². The van der Waals surface area contributed by atoms with Crippen molar-refractivity contribution in [3.63, 3.8) is 0 Å². The zero-order chi connectivity index (χ0) is 19.9. The number of amides is 1. The summed E-state index contributed by atoms with van der Waals surface area (Å²) in [5.41, 5.74) is 1.26. The summed E-state index contributed by atoms with van der Waals surface area (Å²) < 4.78 is 5.50. The quantitative estimate of drug-likeness (QED) is 0.744. The maximum absolute atomic E-state index is 13.0. The highest BCUT2D eigenvalue weighted by Crippen LogP contribution is 2.24. The van der Waals surface area contributed by atoms with E-state index >= 15 is 0 Å². The number of likely N-dealkylation sites (tertiary alicyclic amines) is 1. The molecule has 0 spiro atoms. The van der Waals surface area contributed by atoms with E-state index in [0.29, 0.717) is 17.7 Å². The Morgan fingerprint density at radius 2 is 2.00 bits per heavy atom. The topological polar surface area (TPSA) is 44.8 Å². The normalized spacial score (nSPS) is 21.2. The molecule has 0 radical (unpaired) electrons. The molecule has 2 heterocycles. The van der Waals surface area contributed by atoms with Crippen molar-refractivity contribution in [2.75, 3.05) is 39.8 Å². The second kappa shape index (κ2) is 10.3. The van der Waals surface area contributed by atoms with Crippen LogP contribution in [0.1, 0.15) is 45.1 Å². The van der Waals surface area contributed by atoms with Crippen molar-refractivity contribution in [3.05, 3.63) is 29.8 Å². The summed E-state index contributed by atoms with van der Waals surface area (Å²) in [6.07, 6.45) is 4.43. The molecule has 28 heavy (non-hydrogen) atoms. The lowest BCUT2D eigenvalue weighted by molar-refractivity contribution is -0.134. The number of ether oxygens (including phenoxy) is 1. The second-order valence-electron chi connectivity index (χ2n) is 8.82. The van der Waals surface area contributed by atoms with Gasteiger partial charge < -0.3 is 15.0 Å². The van der Waals surface area contributed by atoms with Gasteiger partial charge in [0.1, 0.15) is 5.75 Å². The third kappa shape index (κ3) is 5.71. The molecule has 0 unspecified atom stereocenters. The first-order chi connectivity index (χ1) is 13.6. The van der Waals surface area contributed by atoms with Crippen molar-refractivity contribution in [1.29, 1.82) is 0 Å². The first-order valence-corrected chi connectivity index (χ1v) is 10.9. The first-order valence-electron chi connectivity index (χ1n) is 10.9. The van der Waals surface area contributed by atoms with Gasteiger partial charge in [-0.15, -0.1) is 0 Å². The molecule has 2 fully saturated rings. The molecule has 2 aliphatic heterocycles. The Bertz CT molecular complexity index is 620. The van der Waals surface area contributed by atoms with Crippen LogP contribution in [0.5, 0.6) is 5.75 Å². The zero-order valence-electron chi connectivity index (χ0n) is 17.8. The molecular formula is C23H37N3O2. The van der Waals surface area contributed by atoms with Gasteiger partial charge in [0.2, 0.25) is 5.91 Å². The van der Waals surface area contributed by atoms with E-state index in [1.54, 1.807) is 7.11 Å². The summed E-state index contributed by atoms with van der Waals surface area (Å²) in [6.45, 7) is 10.3. The number of piperidine rings is 1. The summed E-state index contributed by atoms with van der Waals surface area (Å²) in [4.78, 5) is 17.6. The molecule has 3 rings (SSSR count). The number of rotatable bonds is 8. The highest BCUT2D eigenvalue weighted by molar-refractivity contribution is 5.82. The van der Waals surface area contributed by atoms with Gasteiger partial charge in [-0.1, -0.05) is 32.0 Å². The zero-order valence-corrected chi connectivity index (χ0v) is 17.8. The van der Waals surface area contributed by atoms with Gasteiger partial charge in [0.05, 0.1) is 13.2 Å². The number of para-hydroxylation sites is 1. The molecule has 5 heteroatoms. The van der Waals surface area contributed by atoms with Crippen LogP contribution in [0.3, 0.4) is 0 Å². The standard InChI is InChI=1S/C23H37N3O2/c1-18(2)15-26(23(27)21-8-6-12-24-21)16-19-10-13-25(14-11-19)17-20-7-4-5-9-22(20)28-3/h4-5,7,9,18-19,21,24H,6,8,10-17H2,1-3H3/t21-/m0/s1. The van der Waals surface area contributed by atoms with Crippen LogP contribution in [0.25, 0.3) is 0 Å². The van der Waals surface area contributed by atoms with Gasteiger partial charge in [0.25, 0.3) is 0 Å². The highest BCUT2D eigenvalue weighted by atomic mass is 16.5. The van der Waals surface area contributed by atoms with E-state index < -0.39 is 0 Å². The average molecular weight is 388 g/mol. The van der Waals surface area contributed by atoms with Gasteiger partial charge in [-0.3, -0.25) is 9.69 Å². The van der Waals surface area contributed by atoms with Crippen LogP contribution in [-0.4, -0.2) is 61.6 Å². The van der Waals surface area contributed by atoms with Crippen molar-refractivity contribution in [2.45, 2.75) is 52.1 Å². The molecule has 1 amide bonds. The molecule has 0 bridgehead atoms. The average Bonchev–Trinajstić information content (AvgIpc) is 3.23. The highest BCUT2D eigenvalue weighted by Gasteiger charge is 2.30. The molecule has 1 N–H and O–H groups in total. The SMILES string of the molecule is COc1ccccc1CN1CCC(CN(CC(C)C)C(=O)[C@@H]2CCCN2)CC1. The third-order valence-corrected chi connectivity index (χ3v) is 6.03. The van der Waals surface area contributed by atoms with Gasteiger partial charge in [-0.2, -0.15) is 0 Å². The van der Waals surface area contributed by atoms with Crippen LogP contribution >= 0.6 is 0 Å². The maximum atomic E-state index is 13.0. The van der Waals surface area contributed by atoms with E-state index in [-0.39, 0.29) is 6.04 Å². The molecule has 1 atom stereocenters. The molecule has 2 aliphatic rings. The molecule has 0 aliphatic carbocycles. The molecule has 156 valence electrons. The van der Waals surface area contributed by atoms with Gasteiger partial charge in [-0.25, -0.2) is 0 Å². The predicted molar refractivity (Wildman–Crippen MR) is 113 cm³/mol. The number of carbonyl (C=O) groups is 1. The van der Waals surface area contributed by atoms with Gasteiger partial charge in [0, 0.05) is 25.2 Å². The Morgan fingerprint density at radius 3 is 2.64 bits per heavy atom. The number of methoxy groups -OCH3 is 1. The largest absolute Gasteiger partial charge is 0.496 e. The van der Waals surface area contributed by atoms with Gasteiger partial charge >= 0.3 is 0 Å². The minimum atomic E-state index is 0.0457. The monoisotopic (exact) mass is 387 g/mol. The molecule has 0 saturated carbocycles. The number of hydrogen-bond acceptors (Lipinski definition) is 4. The number of hydrogen-bond donors (Lipinski definition) is 1. The van der Waals surface area contributed by atoms with Crippen LogP contribution < -0.4 is 10.1 Å². The van der Waals surface area contributed by atoms with Crippen LogP contribution in [0.2, 0.25) is 0 Å². The van der Waals surface area contributed by atoms with Crippen molar-refractivity contribution in [2.24, 2.45) is 11.8 Å². The van der Waals surface area contributed by atoms with E-state index in [4.69, 9.17) is 4.74 Å². The van der Waals surface area contributed by atoms with Gasteiger partial charge in [-0.05, 0) is 63.2 Å². The molecular weight excluding hydrogens is 350 g/mol. The Morgan fingerprint density at radius 1 is 1.25 bits per heavy atom. The number of carbonyl (C=O) groups excluding carboxylic acids is 1. The molecule has 1 aromatic carbocycles. The van der Waals surface area contributed by atoms with E-state index in [0.717, 1.165) is 70.7 Å². The van der Waals surface area contributed by atoms with Crippen molar-refractivity contribution in [1.82, 2.24) is 15.1 Å². The fourth-order valence-electron chi connectivity index (χ4n) is 4.52. The van der Waals surface area contributed by atoms with Crippen LogP contribution in [0, 0.1) is 11.8 Å². The van der Waals surface area contributed by atoms with E-state index in [1.165, 1.54) is 5.56 Å². The maximum Gasteiger partial charge on any atom is 0.239 e. The number of nitrogens with one attached hydrogen (secondary N) is 1. The molecule has 0 aromatic heterocycles. The fourth-order valence-corrected chi connectivity index (χ4v) is 4.52. The number of nitrogens with zero attached hydrogens (tertiary/aromatic N) is 2. The van der Waals surface area contributed by atoms with E-state index in [1.807, 2.05) is 12.1 Å². The minimum absolute atomic E-state index is 0.0457. The molecule has 5 nitrogen and oxygen atoms in total. The second-order valence-corrected chi connectivity index (χ2v) is 8.82. The Hall–Kier alpha value is -1.59. The Balaban J connectivity index is 1.51. The minimum Gasteiger partial charge on any atom is -0.496 e. The summed E-state index contributed by atoms with van der Waals surface area (Å²) in [6, 6.07) is 8.34. The summed E-state index contributed by atoms with van der Waals surface area (Å²) in [5, 5.41) is 3.38. The van der Waals surface area contributed by atoms with E-state index in [9.17, 15) is 4.79 Å².